The number of thioether (sulfide) groups is 1. The van der Waals surface area contributed by atoms with Gasteiger partial charge in [-0.25, -0.2) is 0 Å². The first-order valence-corrected chi connectivity index (χ1v) is 9.74. The van der Waals surface area contributed by atoms with Crippen molar-refractivity contribution in [1.29, 1.82) is 0 Å². The van der Waals surface area contributed by atoms with Gasteiger partial charge in [-0.15, -0.1) is 10.2 Å². The SMILES string of the molecule is CCCSc1nnc2c(n1)O[C@H](C(=O)c1ccccc1)Nc1ccccc1-2. The van der Waals surface area contributed by atoms with Crippen LogP contribution in [0.5, 0.6) is 5.88 Å². The zero-order valence-corrected chi connectivity index (χ0v) is 15.6. The zero-order valence-electron chi connectivity index (χ0n) is 14.8. The van der Waals surface area contributed by atoms with Gasteiger partial charge in [-0.3, -0.25) is 4.79 Å². The predicted octanol–water partition coefficient (Wildman–Crippen LogP) is 4.05. The Balaban J connectivity index is 1.75. The molecule has 0 saturated carbocycles. The molecule has 0 aliphatic carbocycles. The molecule has 136 valence electrons. The minimum Gasteiger partial charge on any atom is -0.444 e. The number of para-hydroxylation sites is 1. The topological polar surface area (TPSA) is 77.0 Å². The van der Waals surface area contributed by atoms with Crippen LogP contribution in [0.1, 0.15) is 23.7 Å². The van der Waals surface area contributed by atoms with Crippen LogP contribution in [0.25, 0.3) is 11.3 Å². The maximum Gasteiger partial charge on any atom is 0.247 e. The summed E-state index contributed by atoms with van der Waals surface area (Å²) in [5.41, 5.74) is 2.67. The van der Waals surface area contributed by atoms with Gasteiger partial charge < -0.3 is 10.1 Å². The molecule has 3 aromatic rings. The van der Waals surface area contributed by atoms with Crippen LogP contribution in [0, 0.1) is 0 Å². The van der Waals surface area contributed by atoms with E-state index in [9.17, 15) is 4.79 Å². The number of aromatic nitrogens is 3. The molecule has 0 amide bonds. The van der Waals surface area contributed by atoms with Gasteiger partial charge in [0.15, 0.2) is 5.69 Å². The maximum absolute atomic E-state index is 13.0. The fourth-order valence-electron chi connectivity index (χ4n) is 2.77. The number of nitrogens with zero attached hydrogens (tertiary/aromatic N) is 3. The number of rotatable bonds is 5. The van der Waals surface area contributed by atoms with Crippen LogP contribution in [0.15, 0.2) is 59.8 Å². The van der Waals surface area contributed by atoms with Crippen molar-refractivity contribution in [3.8, 4) is 17.1 Å². The third-order valence-corrected chi connectivity index (χ3v) is 5.11. The number of carbonyl (C=O) groups is 1. The molecule has 0 unspecified atom stereocenters. The average Bonchev–Trinajstić information content (AvgIpc) is 2.88. The molecule has 0 spiro atoms. The smallest absolute Gasteiger partial charge is 0.247 e. The highest BCUT2D eigenvalue weighted by atomic mass is 32.2. The van der Waals surface area contributed by atoms with Crippen molar-refractivity contribution in [2.24, 2.45) is 0 Å². The number of ether oxygens (including phenoxy) is 1. The molecule has 7 heteroatoms. The van der Waals surface area contributed by atoms with Gasteiger partial charge in [0.2, 0.25) is 23.0 Å². The highest BCUT2D eigenvalue weighted by Crippen LogP contribution is 2.36. The average molecular weight is 378 g/mol. The van der Waals surface area contributed by atoms with Crippen molar-refractivity contribution in [3.05, 3.63) is 60.2 Å². The molecule has 0 saturated heterocycles. The molecule has 2 heterocycles. The standard InChI is InChI=1S/C20H18N4O2S/c1-2-12-27-20-22-18-16(23-24-20)14-10-6-7-11-15(14)21-19(26-18)17(25)13-8-4-3-5-9-13/h3-11,19,21H,2,12H2,1H3/t19-/m1/s1. The van der Waals surface area contributed by atoms with Crippen LogP contribution >= 0.6 is 11.8 Å². The third kappa shape index (κ3) is 3.64. The number of ketones is 1. The van der Waals surface area contributed by atoms with Gasteiger partial charge >= 0.3 is 0 Å². The lowest BCUT2D eigenvalue weighted by atomic mass is 10.1. The van der Waals surface area contributed by atoms with Crippen molar-refractivity contribution >= 4 is 23.2 Å². The number of nitrogens with one attached hydrogen (secondary N) is 1. The summed E-state index contributed by atoms with van der Waals surface area (Å²) in [4.78, 5) is 17.5. The molecule has 0 bridgehead atoms. The second kappa shape index (κ2) is 7.75. The lowest BCUT2D eigenvalue weighted by molar-refractivity contribution is 0.0823. The molecule has 1 aliphatic rings. The van der Waals surface area contributed by atoms with E-state index >= 15 is 0 Å². The Bertz CT molecular complexity index is 965. The van der Waals surface area contributed by atoms with Crippen molar-refractivity contribution in [2.75, 3.05) is 11.1 Å². The second-order valence-electron chi connectivity index (χ2n) is 6.01. The summed E-state index contributed by atoms with van der Waals surface area (Å²) in [7, 11) is 0. The van der Waals surface area contributed by atoms with E-state index in [0.717, 1.165) is 23.4 Å². The van der Waals surface area contributed by atoms with E-state index in [1.54, 1.807) is 12.1 Å². The van der Waals surface area contributed by atoms with E-state index in [-0.39, 0.29) is 5.78 Å². The van der Waals surface area contributed by atoms with Crippen molar-refractivity contribution < 1.29 is 9.53 Å². The fraction of sp³-hybridized carbons (Fsp3) is 0.200. The quantitative estimate of drug-likeness (QED) is 0.530. The summed E-state index contributed by atoms with van der Waals surface area (Å²) < 4.78 is 5.99. The number of hydrogen-bond donors (Lipinski definition) is 1. The minimum absolute atomic E-state index is 0.167. The number of hydrogen-bond acceptors (Lipinski definition) is 7. The molecule has 0 radical (unpaired) electrons. The van der Waals surface area contributed by atoms with E-state index in [2.05, 4.69) is 27.4 Å². The normalized spacial score (nSPS) is 14.9. The fourth-order valence-corrected chi connectivity index (χ4v) is 3.41. The summed E-state index contributed by atoms with van der Waals surface area (Å²) in [6, 6.07) is 16.7. The van der Waals surface area contributed by atoms with Crippen LogP contribution in [-0.4, -0.2) is 32.9 Å². The first-order valence-electron chi connectivity index (χ1n) is 8.75. The van der Waals surface area contributed by atoms with Gasteiger partial charge in [-0.2, -0.15) is 4.98 Å². The molecule has 1 aliphatic heterocycles. The first kappa shape index (κ1) is 17.5. The Morgan fingerprint density at radius 2 is 1.89 bits per heavy atom. The molecular weight excluding hydrogens is 360 g/mol. The molecular formula is C20H18N4O2S. The van der Waals surface area contributed by atoms with Gasteiger partial charge in [0.25, 0.3) is 0 Å². The van der Waals surface area contributed by atoms with Gasteiger partial charge in [-0.05, 0) is 12.5 Å². The molecule has 2 aromatic carbocycles. The van der Waals surface area contributed by atoms with E-state index in [4.69, 9.17) is 4.74 Å². The minimum atomic E-state index is -0.893. The zero-order chi connectivity index (χ0) is 18.6. The Kier molecular flexibility index (Phi) is 5.02. The summed E-state index contributed by atoms with van der Waals surface area (Å²) in [5, 5.41) is 12.3. The Morgan fingerprint density at radius 3 is 2.70 bits per heavy atom. The summed E-state index contributed by atoms with van der Waals surface area (Å²) in [6.07, 6.45) is 0.112. The largest absolute Gasteiger partial charge is 0.444 e. The molecule has 0 fully saturated rings. The molecule has 1 N–H and O–H groups in total. The van der Waals surface area contributed by atoms with Crippen molar-refractivity contribution in [3.63, 3.8) is 0 Å². The Morgan fingerprint density at radius 1 is 1.11 bits per heavy atom. The molecule has 1 aromatic heterocycles. The van der Waals surface area contributed by atoms with E-state index in [0.29, 0.717) is 22.3 Å². The molecule has 6 nitrogen and oxygen atoms in total. The highest BCUT2D eigenvalue weighted by molar-refractivity contribution is 7.99. The van der Waals surface area contributed by atoms with Crippen LogP contribution in [-0.2, 0) is 0 Å². The number of benzene rings is 2. The summed E-state index contributed by atoms with van der Waals surface area (Å²) in [6.45, 7) is 2.09. The predicted molar refractivity (Wildman–Crippen MR) is 105 cm³/mol. The number of anilines is 1. The van der Waals surface area contributed by atoms with Gasteiger partial charge in [0.1, 0.15) is 0 Å². The summed E-state index contributed by atoms with van der Waals surface area (Å²) in [5.74, 6) is 1.04. The van der Waals surface area contributed by atoms with Crippen LogP contribution in [0.4, 0.5) is 5.69 Å². The van der Waals surface area contributed by atoms with Crippen LogP contribution in [0.3, 0.4) is 0 Å². The lowest BCUT2D eigenvalue weighted by Crippen LogP contribution is -2.35. The maximum atomic E-state index is 13.0. The van der Waals surface area contributed by atoms with Crippen molar-refractivity contribution in [2.45, 2.75) is 24.7 Å². The van der Waals surface area contributed by atoms with E-state index < -0.39 is 6.23 Å². The number of fused-ring (bicyclic) bond motifs is 3. The summed E-state index contributed by atoms with van der Waals surface area (Å²) >= 11 is 1.52. The van der Waals surface area contributed by atoms with E-state index in [1.165, 1.54) is 11.8 Å². The lowest BCUT2D eigenvalue weighted by Gasteiger charge is -2.17. The molecule has 27 heavy (non-hydrogen) atoms. The van der Waals surface area contributed by atoms with Crippen LogP contribution in [0.2, 0.25) is 0 Å². The number of carbonyl (C=O) groups excluding carboxylic acids is 1. The first-order chi connectivity index (χ1) is 13.3. The Labute approximate surface area is 161 Å². The molecule has 4 rings (SSSR count). The van der Waals surface area contributed by atoms with Gasteiger partial charge in [-0.1, -0.05) is 67.2 Å². The van der Waals surface area contributed by atoms with Gasteiger partial charge in [0.05, 0.1) is 0 Å². The van der Waals surface area contributed by atoms with Crippen LogP contribution < -0.4 is 10.1 Å². The second-order valence-corrected chi connectivity index (χ2v) is 7.08. The Hall–Kier alpha value is -2.93. The third-order valence-electron chi connectivity index (χ3n) is 4.07. The monoisotopic (exact) mass is 378 g/mol. The van der Waals surface area contributed by atoms with E-state index in [1.807, 2.05) is 42.5 Å². The number of Topliss-reactive ketones (excluding diaryl/α,β-unsaturated/α-hetero) is 1. The van der Waals surface area contributed by atoms with Crippen molar-refractivity contribution in [1.82, 2.24) is 15.2 Å². The van der Waals surface area contributed by atoms with Gasteiger partial charge in [0, 0.05) is 22.6 Å². The molecule has 1 atom stereocenters. The highest BCUT2D eigenvalue weighted by Gasteiger charge is 2.29.